The fraction of sp³-hybridized carbons (Fsp3) is 0.471. The number of anilines is 1. The van der Waals surface area contributed by atoms with Crippen LogP contribution in [-0.2, 0) is 25.9 Å². The van der Waals surface area contributed by atoms with Crippen LogP contribution in [-0.4, -0.2) is 49.2 Å². The van der Waals surface area contributed by atoms with Gasteiger partial charge in [-0.05, 0) is 37.0 Å². The normalized spacial score (nSPS) is 17.3. The van der Waals surface area contributed by atoms with Crippen LogP contribution in [0.15, 0.2) is 12.1 Å². The largest absolute Gasteiger partial charge is 0.478 e. The van der Waals surface area contributed by atoms with E-state index in [1.165, 1.54) is 0 Å². The second-order valence-electron chi connectivity index (χ2n) is 6.53. The molecule has 1 aliphatic heterocycles. The van der Waals surface area contributed by atoms with E-state index in [0.29, 0.717) is 31.1 Å². The molecule has 1 unspecified atom stereocenters. The third-order valence-electron chi connectivity index (χ3n) is 4.89. The minimum atomic E-state index is -1.00. The lowest BCUT2D eigenvalue weighted by Crippen LogP contribution is -2.35. The van der Waals surface area contributed by atoms with Gasteiger partial charge in [0, 0.05) is 12.2 Å². The van der Waals surface area contributed by atoms with Crippen LogP contribution in [0.2, 0.25) is 0 Å². The summed E-state index contributed by atoms with van der Waals surface area (Å²) in [6, 6.07) is 3.51. The molecule has 2 aliphatic rings. The molecule has 0 fully saturated rings. The molecule has 0 spiro atoms. The van der Waals surface area contributed by atoms with Gasteiger partial charge in [0.15, 0.2) is 0 Å². The Morgan fingerprint density at radius 1 is 1.28 bits per heavy atom. The first-order valence-corrected chi connectivity index (χ1v) is 8.43. The predicted octanol–water partition coefficient (Wildman–Crippen LogP) is 0.511. The molecule has 0 aromatic carbocycles. The molecule has 132 valence electrons. The SMILES string of the molecule is O=C(O)c1cc2c(nc1N1CCn3nc(C(O)CO)cc3C1)CCC2. The van der Waals surface area contributed by atoms with Gasteiger partial charge in [0.2, 0.25) is 0 Å². The van der Waals surface area contributed by atoms with Crippen LogP contribution in [0.25, 0.3) is 0 Å². The number of aryl methyl sites for hydroxylation is 2. The summed E-state index contributed by atoms with van der Waals surface area (Å²) >= 11 is 0. The summed E-state index contributed by atoms with van der Waals surface area (Å²) < 4.78 is 1.79. The monoisotopic (exact) mass is 344 g/mol. The molecule has 0 radical (unpaired) electrons. The van der Waals surface area contributed by atoms with E-state index in [0.717, 1.165) is 36.2 Å². The number of pyridine rings is 1. The highest BCUT2D eigenvalue weighted by atomic mass is 16.4. The maximum absolute atomic E-state index is 11.7. The van der Waals surface area contributed by atoms with Gasteiger partial charge in [0.25, 0.3) is 0 Å². The van der Waals surface area contributed by atoms with E-state index < -0.39 is 12.1 Å². The van der Waals surface area contributed by atoms with Crippen LogP contribution in [0.5, 0.6) is 0 Å². The minimum Gasteiger partial charge on any atom is -0.478 e. The molecule has 1 atom stereocenters. The Morgan fingerprint density at radius 2 is 2.12 bits per heavy atom. The first-order chi connectivity index (χ1) is 12.1. The highest BCUT2D eigenvalue weighted by molar-refractivity contribution is 5.93. The lowest BCUT2D eigenvalue weighted by molar-refractivity contribution is 0.0697. The van der Waals surface area contributed by atoms with E-state index in [-0.39, 0.29) is 12.2 Å². The standard InChI is InChI=1S/C17H20N4O4/c22-9-15(23)14-7-11-8-20(4-5-21(11)19-14)16-12(17(24)25)6-10-2-1-3-13(10)18-16/h6-7,15,22-23H,1-5,8-9H2,(H,24,25). The van der Waals surface area contributed by atoms with Gasteiger partial charge in [-0.1, -0.05) is 0 Å². The molecule has 8 heteroatoms. The molecule has 3 N–H and O–H groups in total. The van der Waals surface area contributed by atoms with Crippen molar-refractivity contribution in [3.05, 3.63) is 40.3 Å². The van der Waals surface area contributed by atoms with Gasteiger partial charge in [-0.25, -0.2) is 9.78 Å². The number of rotatable bonds is 4. The molecule has 2 aromatic heterocycles. The summed E-state index contributed by atoms with van der Waals surface area (Å²) in [4.78, 5) is 18.3. The van der Waals surface area contributed by atoms with E-state index in [2.05, 4.69) is 10.1 Å². The zero-order valence-corrected chi connectivity index (χ0v) is 13.7. The van der Waals surface area contributed by atoms with Crippen molar-refractivity contribution in [2.24, 2.45) is 0 Å². The van der Waals surface area contributed by atoms with Crippen molar-refractivity contribution in [1.82, 2.24) is 14.8 Å². The lowest BCUT2D eigenvalue weighted by Gasteiger charge is -2.30. The van der Waals surface area contributed by atoms with Crippen LogP contribution in [0.3, 0.4) is 0 Å². The van der Waals surface area contributed by atoms with E-state index >= 15 is 0 Å². The fourth-order valence-electron chi connectivity index (χ4n) is 3.59. The van der Waals surface area contributed by atoms with Crippen LogP contribution in [0.4, 0.5) is 5.82 Å². The van der Waals surface area contributed by atoms with Gasteiger partial charge < -0.3 is 20.2 Å². The summed E-state index contributed by atoms with van der Waals surface area (Å²) in [6.45, 7) is 1.26. The Bertz CT molecular complexity index is 832. The van der Waals surface area contributed by atoms with E-state index in [4.69, 9.17) is 5.11 Å². The summed E-state index contributed by atoms with van der Waals surface area (Å²) in [7, 11) is 0. The van der Waals surface area contributed by atoms with Gasteiger partial charge in [0.05, 0.1) is 31.1 Å². The number of aliphatic hydroxyl groups excluding tert-OH is 2. The Hall–Kier alpha value is -2.45. The number of aliphatic hydroxyl groups is 2. The van der Waals surface area contributed by atoms with Crippen molar-refractivity contribution in [3.8, 4) is 0 Å². The first kappa shape index (κ1) is 16.0. The van der Waals surface area contributed by atoms with E-state index in [9.17, 15) is 15.0 Å². The number of carboxylic acid groups (broad SMARTS) is 1. The molecule has 1 aliphatic carbocycles. The third-order valence-corrected chi connectivity index (χ3v) is 4.89. The highest BCUT2D eigenvalue weighted by Gasteiger charge is 2.27. The van der Waals surface area contributed by atoms with Gasteiger partial charge in [-0.2, -0.15) is 5.10 Å². The Morgan fingerprint density at radius 3 is 2.88 bits per heavy atom. The third kappa shape index (κ3) is 2.77. The van der Waals surface area contributed by atoms with Gasteiger partial charge >= 0.3 is 5.97 Å². The smallest absolute Gasteiger partial charge is 0.339 e. The van der Waals surface area contributed by atoms with Crippen LogP contribution in [0, 0.1) is 0 Å². The first-order valence-electron chi connectivity index (χ1n) is 8.43. The molecular formula is C17H20N4O4. The number of hydrogen-bond acceptors (Lipinski definition) is 6. The average molecular weight is 344 g/mol. The number of carbonyl (C=O) groups is 1. The lowest BCUT2D eigenvalue weighted by atomic mass is 10.1. The number of hydrogen-bond donors (Lipinski definition) is 3. The molecule has 0 saturated heterocycles. The molecular weight excluding hydrogens is 324 g/mol. The number of fused-ring (bicyclic) bond motifs is 2. The summed E-state index contributed by atoms with van der Waals surface area (Å²) in [6.07, 6.45) is 1.79. The van der Waals surface area contributed by atoms with Crippen LogP contribution in [0.1, 0.15) is 45.5 Å². The second-order valence-corrected chi connectivity index (χ2v) is 6.53. The van der Waals surface area contributed by atoms with Gasteiger partial charge in [-0.15, -0.1) is 0 Å². The summed E-state index contributed by atoms with van der Waals surface area (Å²) in [5.74, 6) is -0.461. The number of aromatic carboxylic acids is 1. The maximum atomic E-state index is 11.7. The van der Waals surface area contributed by atoms with Crippen molar-refractivity contribution in [3.63, 3.8) is 0 Å². The second kappa shape index (κ2) is 6.12. The quantitative estimate of drug-likeness (QED) is 0.741. The molecule has 0 saturated carbocycles. The minimum absolute atomic E-state index is 0.240. The molecule has 25 heavy (non-hydrogen) atoms. The predicted molar refractivity (Wildman–Crippen MR) is 88.5 cm³/mol. The van der Waals surface area contributed by atoms with Crippen LogP contribution < -0.4 is 4.90 Å². The van der Waals surface area contributed by atoms with E-state index in [1.807, 2.05) is 4.90 Å². The molecule has 0 amide bonds. The summed E-state index contributed by atoms with van der Waals surface area (Å²) in [5.41, 5.74) is 3.57. The Labute approximate surface area is 144 Å². The molecule has 8 nitrogen and oxygen atoms in total. The van der Waals surface area contributed by atoms with E-state index in [1.54, 1.807) is 16.8 Å². The maximum Gasteiger partial charge on any atom is 0.339 e. The van der Waals surface area contributed by atoms with Crippen molar-refractivity contribution in [2.45, 2.75) is 38.5 Å². The molecule has 3 heterocycles. The van der Waals surface area contributed by atoms with Gasteiger partial charge in [-0.3, -0.25) is 4.68 Å². The van der Waals surface area contributed by atoms with Gasteiger partial charge in [0.1, 0.15) is 17.5 Å². The van der Waals surface area contributed by atoms with Crippen molar-refractivity contribution >= 4 is 11.8 Å². The van der Waals surface area contributed by atoms with Crippen molar-refractivity contribution < 1.29 is 20.1 Å². The number of carboxylic acids is 1. The molecule has 2 aromatic rings. The topological polar surface area (TPSA) is 112 Å². The van der Waals surface area contributed by atoms with Crippen LogP contribution >= 0.6 is 0 Å². The van der Waals surface area contributed by atoms with Crippen molar-refractivity contribution in [1.29, 1.82) is 0 Å². The summed E-state index contributed by atoms with van der Waals surface area (Å²) in [5, 5.41) is 32.7. The molecule has 4 rings (SSSR count). The number of nitrogens with zero attached hydrogens (tertiary/aromatic N) is 4. The fourth-order valence-corrected chi connectivity index (χ4v) is 3.59. The highest BCUT2D eigenvalue weighted by Crippen LogP contribution is 2.30. The average Bonchev–Trinajstić information content (AvgIpc) is 3.24. The molecule has 0 bridgehead atoms. The number of aromatic nitrogens is 3. The Balaban J connectivity index is 1.67. The van der Waals surface area contributed by atoms with Crippen molar-refractivity contribution in [2.75, 3.05) is 18.1 Å². The Kier molecular flexibility index (Phi) is 3.93. The zero-order valence-electron chi connectivity index (χ0n) is 13.7. The zero-order chi connectivity index (χ0) is 17.6.